The van der Waals surface area contributed by atoms with E-state index in [1.54, 1.807) is 6.07 Å². The lowest BCUT2D eigenvalue weighted by atomic mass is 10.1. The van der Waals surface area contributed by atoms with Gasteiger partial charge in [-0.3, -0.25) is 0 Å². The Bertz CT molecular complexity index is 406. The summed E-state index contributed by atoms with van der Waals surface area (Å²) in [5.41, 5.74) is 3.48. The first kappa shape index (κ1) is 10.9. The number of nitrogen functional groups attached to an aromatic ring is 1. The van der Waals surface area contributed by atoms with Crippen LogP contribution in [0.25, 0.3) is 0 Å². The standard InChI is InChI=1S/C8H4BrF3N2/c9-6-2-1-5(8(10,11)12)7(14)4(6)3-13/h1-2H,14H2. The Hall–Kier alpha value is -1.22. The monoisotopic (exact) mass is 264 g/mol. The Morgan fingerprint density at radius 2 is 1.93 bits per heavy atom. The summed E-state index contributed by atoms with van der Waals surface area (Å²) >= 11 is 2.94. The predicted molar refractivity (Wildman–Crippen MR) is 48.3 cm³/mol. The highest BCUT2D eigenvalue weighted by atomic mass is 79.9. The summed E-state index contributed by atoms with van der Waals surface area (Å²) in [5, 5.41) is 8.56. The molecule has 0 saturated carbocycles. The lowest BCUT2D eigenvalue weighted by molar-refractivity contribution is -0.136. The van der Waals surface area contributed by atoms with E-state index >= 15 is 0 Å². The fourth-order valence-corrected chi connectivity index (χ4v) is 1.39. The maximum Gasteiger partial charge on any atom is 0.418 e. The SMILES string of the molecule is N#Cc1c(Br)ccc(C(F)(F)F)c1N. The second-order valence-electron chi connectivity index (χ2n) is 2.49. The summed E-state index contributed by atoms with van der Waals surface area (Å²) in [7, 11) is 0. The quantitative estimate of drug-likeness (QED) is 0.733. The molecule has 1 aromatic rings. The zero-order chi connectivity index (χ0) is 10.9. The molecule has 0 aliphatic carbocycles. The highest BCUT2D eigenvalue weighted by molar-refractivity contribution is 9.10. The number of benzene rings is 1. The number of hydrogen-bond donors (Lipinski definition) is 1. The molecular weight excluding hydrogens is 261 g/mol. The van der Waals surface area contributed by atoms with Crippen LogP contribution in [0.15, 0.2) is 16.6 Å². The molecule has 0 bridgehead atoms. The van der Waals surface area contributed by atoms with Gasteiger partial charge in [-0.1, -0.05) is 0 Å². The van der Waals surface area contributed by atoms with Gasteiger partial charge < -0.3 is 5.73 Å². The molecule has 2 N–H and O–H groups in total. The van der Waals surface area contributed by atoms with Crippen molar-refractivity contribution in [3.63, 3.8) is 0 Å². The van der Waals surface area contributed by atoms with Crippen LogP contribution in [0.5, 0.6) is 0 Å². The van der Waals surface area contributed by atoms with Gasteiger partial charge in [-0.05, 0) is 28.1 Å². The van der Waals surface area contributed by atoms with Gasteiger partial charge in [0.25, 0.3) is 0 Å². The van der Waals surface area contributed by atoms with Crippen LogP contribution in [0.3, 0.4) is 0 Å². The van der Waals surface area contributed by atoms with E-state index in [0.29, 0.717) is 0 Å². The van der Waals surface area contributed by atoms with E-state index in [1.807, 2.05) is 0 Å². The maximum atomic E-state index is 12.3. The molecule has 6 heteroatoms. The molecule has 2 nitrogen and oxygen atoms in total. The Balaban J connectivity index is 3.46. The van der Waals surface area contributed by atoms with Crippen molar-refractivity contribution in [2.75, 3.05) is 5.73 Å². The van der Waals surface area contributed by atoms with Crippen LogP contribution in [0, 0.1) is 11.3 Å². The van der Waals surface area contributed by atoms with E-state index < -0.39 is 17.4 Å². The number of anilines is 1. The summed E-state index contributed by atoms with van der Waals surface area (Å²) in [5.74, 6) is 0. The predicted octanol–water partition coefficient (Wildman–Crippen LogP) is 2.92. The van der Waals surface area contributed by atoms with E-state index in [4.69, 9.17) is 11.0 Å². The average Bonchev–Trinajstić information content (AvgIpc) is 2.02. The highest BCUT2D eigenvalue weighted by Gasteiger charge is 2.34. The molecule has 0 aliphatic heterocycles. The van der Waals surface area contributed by atoms with Crippen LogP contribution in [0.1, 0.15) is 11.1 Å². The molecule has 0 atom stereocenters. The molecule has 74 valence electrons. The lowest BCUT2D eigenvalue weighted by Gasteiger charge is -2.11. The minimum Gasteiger partial charge on any atom is -0.397 e. The number of alkyl halides is 3. The minimum absolute atomic E-state index is 0.195. The van der Waals surface area contributed by atoms with Crippen LogP contribution in [-0.4, -0.2) is 0 Å². The van der Waals surface area contributed by atoms with E-state index in [0.717, 1.165) is 12.1 Å². The van der Waals surface area contributed by atoms with Crippen molar-refractivity contribution in [1.82, 2.24) is 0 Å². The summed E-state index contributed by atoms with van der Waals surface area (Å²) < 4.78 is 37.1. The fraction of sp³-hybridized carbons (Fsp3) is 0.125. The summed E-state index contributed by atoms with van der Waals surface area (Å²) in [4.78, 5) is 0. The number of nitrogens with zero attached hydrogens (tertiary/aromatic N) is 1. The van der Waals surface area contributed by atoms with Gasteiger partial charge in [0.05, 0.1) is 16.8 Å². The molecule has 0 radical (unpaired) electrons. The van der Waals surface area contributed by atoms with Gasteiger partial charge in [0.15, 0.2) is 0 Å². The van der Waals surface area contributed by atoms with Gasteiger partial charge in [0.1, 0.15) is 6.07 Å². The lowest BCUT2D eigenvalue weighted by Crippen LogP contribution is -2.10. The van der Waals surface area contributed by atoms with Crippen molar-refractivity contribution in [3.05, 3.63) is 27.7 Å². The third-order valence-electron chi connectivity index (χ3n) is 1.61. The van der Waals surface area contributed by atoms with Gasteiger partial charge in [-0.15, -0.1) is 0 Å². The largest absolute Gasteiger partial charge is 0.418 e. The fourth-order valence-electron chi connectivity index (χ4n) is 0.954. The van der Waals surface area contributed by atoms with Crippen molar-refractivity contribution in [3.8, 4) is 6.07 Å². The first-order valence-corrected chi connectivity index (χ1v) is 4.22. The van der Waals surface area contributed by atoms with Crippen molar-refractivity contribution in [2.45, 2.75) is 6.18 Å². The normalized spacial score (nSPS) is 11.1. The minimum atomic E-state index is -4.53. The number of nitrogens with two attached hydrogens (primary N) is 1. The summed E-state index contributed by atoms with van der Waals surface area (Å²) in [6, 6.07) is 3.59. The Morgan fingerprint density at radius 1 is 1.36 bits per heavy atom. The molecule has 0 aromatic heterocycles. The van der Waals surface area contributed by atoms with E-state index in [-0.39, 0.29) is 10.0 Å². The molecule has 1 aromatic carbocycles. The molecule has 14 heavy (non-hydrogen) atoms. The third-order valence-corrected chi connectivity index (χ3v) is 2.27. The second-order valence-corrected chi connectivity index (χ2v) is 3.35. The van der Waals surface area contributed by atoms with E-state index in [9.17, 15) is 13.2 Å². The molecule has 0 unspecified atom stereocenters. The average molecular weight is 265 g/mol. The van der Waals surface area contributed by atoms with Crippen LogP contribution in [-0.2, 0) is 6.18 Å². The van der Waals surface area contributed by atoms with Crippen LogP contribution in [0.4, 0.5) is 18.9 Å². The van der Waals surface area contributed by atoms with Crippen LogP contribution >= 0.6 is 15.9 Å². The van der Waals surface area contributed by atoms with Gasteiger partial charge in [-0.25, -0.2) is 0 Å². The number of nitriles is 1. The summed E-state index contributed by atoms with van der Waals surface area (Å²) in [6.45, 7) is 0. The van der Waals surface area contributed by atoms with Crippen LogP contribution < -0.4 is 5.73 Å². The second kappa shape index (κ2) is 3.50. The molecule has 0 aliphatic rings. The number of halogens is 4. The molecule has 0 heterocycles. The molecule has 0 saturated heterocycles. The van der Waals surface area contributed by atoms with Gasteiger partial charge >= 0.3 is 6.18 Å². The van der Waals surface area contributed by atoms with Crippen molar-refractivity contribution in [2.24, 2.45) is 0 Å². The van der Waals surface area contributed by atoms with Crippen molar-refractivity contribution in [1.29, 1.82) is 5.26 Å². The molecular formula is C8H4BrF3N2. The zero-order valence-electron chi connectivity index (χ0n) is 6.69. The first-order valence-electron chi connectivity index (χ1n) is 3.43. The first-order chi connectivity index (χ1) is 6.38. The van der Waals surface area contributed by atoms with E-state index in [1.165, 1.54) is 0 Å². The smallest absolute Gasteiger partial charge is 0.397 e. The molecule has 0 spiro atoms. The molecule has 1 rings (SSSR count). The van der Waals surface area contributed by atoms with Crippen molar-refractivity contribution < 1.29 is 13.2 Å². The highest BCUT2D eigenvalue weighted by Crippen LogP contribution is 2.37. The van der Waals surface area contributed by atoms with Crippen molar-refractivity contribution >= 4 is 21.6 Å². The number of rotatable bonds is 0. The topological polar surface area (TPSA) is 49.8 Å². The molecule has 0 amide bonds. The molecule has 0 fully saturated rings. The van der Waals surface area contributed by atoms with Gasteiger partial charge in [0.2, 0.25) is 0 Å². The Kier molecular flexibility index (Phi) is 2.71. The summed E-state index contributed by atoms with van der Waals surface area (Å²) in [6.07, 6.45) is -4.53. The Morgan fingerprint density at radius 3 is 2.36 bits per heavy atom. The third kappa shape index (κ3) is 1.82. The maximum absolute atomic E-state index is 12.3. The van der Waals surface area contributed by atoms with E-state index in [2.05, 4.69) is 15.9 Å². The van der Waals surface area contributed by atoms with Gasteiger partial charge in [0, 0.05) is 4.47 Å². The zero-order valence-corrected chi connectivity index (χ0v) is 8.28. The van der Waals surface area contributed by atoms with Crippen LogP contribution in [0.2, 0.25) is 0 Å². The Labute approximate surface area is 86.3 Å². The van der Waals surface area contributed by atoms with Gasteiger partial charge in [-0.2, -0.15) is 18.4 Å². The number of hydrogen-bond acceptors (Lipinski definition) is 2.